The summed E-state index contributed by atoms with van der Waals surface area (Å²) in [6.07, 6.45) is 5.26. The Morgan fingerprint density at radius 1 is 1.47 bits per heavy atom. The van der Waals surface area contributed by atoms with E-state index in [9.17, 15) is 0 Å². The van der Waals surface area contributed by atoms with E-state index in [-0.39, 0.29) is 5.54 Å². The smallest absolute Gasteiger partial charge is 0.0659 e. The highest BCUT2D eigenvalue weighted by Crippen LogP contribution is 2.16. The van der Waals surface area contributed by atoms with Crippen LogP contribution in [0.3, 0.4) is 0 Å². The van der Waals surface area contributed by atoms with Crippen LogP contribution < -0.4 is 11.1 Å². The van der Waals surface area contributed by atoms with Crippen molar-refractivity contribution in [2.75, 3.05) is 26.8 Å². The number of rotatable bonds is 8. The molecule has 0 spiro atoms. The molecule has 0 aliphatic rings. The standard InChI is InChI=1S/C12H26N2O/c1-5-6-7-8-14-12(9-13,10-15-4)11(2)3/h5-6,11,14H,7-10,13H2,1-4H3/b6-5+. The van der Waals surface area contributed by atoms with Gasteiger partial charge in [-0.15, -0.1) is 0 Å². The molecule has 0 fully saturated rings. The summed E-state index contributed by atoms with van der Waals surface area (Å²) in [5, 5.41) is 3.52. The lowest BCUT2D eigenvalue weighted by Crippen LogP contribution is -2.58. The molecule has 0 saturated carbocycles. The summed E-state index contributed by atoms with van der Waals surface area (Å²) in [6.45, 7) is 8.60. The van der Waals surface area contributed by atoms with Crippen LogP contribution in [0.4, 0.5) is 0 Å². The van der Waals surface area contributed by atoms with Gasteiger partial charge in [0.05, 0.1) is 12.1 Å². The quantitative estimate of drug-likeness (QED) is 0.476. The number of hydrogen-bond donors (Lipinski definition) is 2. The molecule has 0 saturated heterocycles. The number of nitrogens with one attached hydrogen (secondary N) is 1. The van der Waals surface area contributed by atoms with Crippen molar-refractivity contribution in [3.8, 4) is 0 Å². The van der Waals surface area contributed by atoms with E-state index in [1.807, 2.05) is 6.92 Å². The first-order chi connectivity index (χ1) is 7.13. The first-order valence-corrected chi connectivity index (χ1v) is 5.68. The minimum atomic E-state index is -0.0870. The molecule has 15 heavy (non-hydrogen) atoms. The van der Waals surface area contributed by atoms with Gasteiger partial charge in [-0.25, -0.2) is 0 Å². The third kappa shape index (κ3) is 4.78. The Balaban J connectivity index is 4.21. The largest absolute Gasteiger partial charge is 0.383 e. The Bertz CT molecular complexity index is 180. The van der Waals surface area contributed by atoms with Crippen molar-refractivity contribution in [2.24, 2.45) is 11.7 Å². The Hall–Kier alpha value is -0.380. The second-order valence-corrected chi connectivity index (χ2v) is 4.23. The van der Waals surface area contributed by atoms with Gasteiger partial charge in [0.25, 0.3) is 0 Å². The van der Waals surface area contributed by atoms with Crippen molar-refractivity contribution in [1.82, 2.24) is 5.32 Å². The van der Waals surface area contributed by atoms with Gasteiger partial charge in [-0.1, -0.05) is 26.0 Å². The molecule has 90 valence electrons. The summed E-state index contributed by atoms with van der Waals surface area (Å²) in [5.74, 6) is 0.466. The fourth-order valence-corrected chi connectivity index (χ4v) is 1.62. The summed E-state index contributed by atoms with van der Waals surface area (Å²) in [4.78, 5) is 0. The molecule has 0 radical (unpaired) electrons. The van der Waals surface area contributed by atoms with E-state index >= 15 is 0 Å². The van der Waals surface area contributed by atoms with Crippen molar-refractivity contribution in [3.63, 3.8) is 0 Å². The van der Waals surface area contributed by atoms with Crippen LogP contribution in [0, 0.1) is 5.92 Å². The third-order valence-corrected chi connectivity index (χ3v) is 2.90. The van der Waals surface area contributed by atoms with Crippen LogP contribution in [0.5, 0.6) is 0 Å². The fraction of sp³-hybridized carbons (Fsp3) is 0.833. The maximum absolute atomic E-state index is 5.85. The highest BCUT2D eigenvalue weighted by atomic mass is 16.5. The molecule has 3 heteroatoms. The minimum absolute atomic E-state index is 0.0870. The molecule has 0 heterocycles. The van der Waals surface area contributed by atoms with Gasteiger partial charge in [0, 0.05) is 13.7 Å². The number of allylic oxidation sites excluding steroid dienone is 1. The van der Waals surface area contributed by atoms with E-state index in [1.165, 1.54) is 0 Å². The van der Waals surface area contributed by atoms with E-state index < -0.39 is 0 Å². The normalized spacial score (nSPS) is 16.1. The van der Waals surface area contributed by atoms with Crippen LogP contribution in [0.1, 0.15) is 27.2 Å². The summed E-state index contributed by atoms with van der Waals surface area (Å²) < 4.78 is 5.26. The van der Waals surface area contributed by atoms with Gasteiger partial charge in [-0.05, 0) is 25.8 Å². The molecule has 0 aliphatic heterocycles. The molecular formula is C12H26N2O. The molecule has 0 aliphatic carbocycles. The van der Waals surface area contributed by atoms with E-state index in [0.717, 1.165) is 13.0 Å². The number of methoxy groups -OCH3 is 1. The number of nitrogens with two attached hydrogens (primary N) is 1. The Morgan fingerprint density at radius 3 is 2.53 bits per heavy atom. The van der Waals surface area contributed by atoms with E-state index in [0.29, 0.717) is 19.1 Å². The van der Waals surface area contributed by atoms with E-state index in [1.54, 1.807) is 7.11 Å². The van der Waals surface area contributed by atoms with Gasteiger partial charge in [0.2, 0.25) is 0 Å². The van der Waals surface area contributed by atoms with Crippen LogP contribution in [-0.2, 0) is 4.74 Å². The highest BCUT2D eigenvalue weighted by Gasteiger charge is 2.31. The predicted octanol–water partition coefficient (Wildman–Crippen LogP) is 1.54. The zero-order chi connectivity index (χ0) is 11.7. The lowest BCUT2D eigenvalue weighted by Gasteiger charge is -2.37. The van der Waals surface area contributed by atoms with Gasteiger partial charge in [-0.2, -0.15) is 0 Å². The van der Waals surface area contributed by atoms with Gasteiger partial charge >= 0.3 is 0 Å². The first-order valence-electron chi connectivity index (χ1n) is 5.68. The van der Waals surface area contributed by atoms with Crippen molar-refractivity contribution in [1.29, 1.82) is 0 Å². The zero-order valence-electron chi connectivity index (χ0n) is 10.5. The second kappa shape index (κ2) is 7.85. The monoisotopic (exact) mass is 214 g/mol. The lowest BCUT2D eigenvalue weighted by atomic mass is 9.87. The average molecular weight is 214 g/mol. The summed E-state index contributed by atoms with van der Waals surface area (Å²) >= 11 is 0. The highest BCUT2D eigenvalue weighted by molar-refractivity contribution is 4.93. The molecular weight excluding hydrogens is 188 g/mol. The van der Waals surface area contributed by atoms with Crippen molar-refractivity contribution >= 4 is 0 Å². The van der Waals surface area contributed by atoms with Crippen molar-refractivity contribution in [2.45, 2.75) is 32.7 Å². The number of hydrogen-bond acceptors (Lipinski definition) is 3. The number of ether oxygens (including phenoxy) is 1. The van der Waals surface area contributed by atoms with Crippen molar-refractivity contribution in [3.05, 3.63) is 12.2 Å². The lowest BCUT2D eigenvalue weighted by molar-refractivity contribution is 0.0837. The molecule has 0 aromatic heterocycles. The molecule has 3 N–H and O–H groups in total. The zero-order valence-corrected chi connectivity index (χ0v) is 10.5. The molecule has 3 nitrogen and oxygen atoms in total. The van der Waals surface area contributed by atoms with Gasteiger partial charge in [0.15, 0.2) is 0 Å². The summed E-state index contributed by atoms with van der Waals surface area (Å²) in [5.41, 5.74) is 5.76. The Labute approximate surface area is 94.1 Å². The van der Waals surface area contributed by atoms with Gasteiger partial charge in [0.1, 0.15) is 0 Å². The molecule has 0 aromatic carbocycles. The first kappa shape index (κ1) is 14.6. The summed E-state index contributed by atoms with van der Waals surface area (Å²) in [6, 6.07) is 0. The predicted molar refractivity (Wildman–Crippen MR) is 65.9 cm³/mol. The van der Waals surface area contributed by atoms with E-state index in [2.05, 4.69) is 31.3 Å². The van der Waals surface area contributed by atoms with Crippen LogP contribution in [0.2, 0.25) is 0 Å². The van der Waals surface area contributed by atoms with Crippen LogP contribution in [0.25, 0.3) is 0 Å². The molecule has 0 amide bonds. The Kier molecular flexibility index (Phi) is 7.65. The van der Waals surface area contributed by atoms with Crippen molar-refractivity contribution < 1.29 is 4.74 Å². The molecule has 0 aromatic rings. The maximum Gasteiger partial charge on any atom is 0.0659 e. The summed E-state index contributed by atoms with van der Waals surface area (Å²) in [7, 11) is 1.72. The van der Waals surface area contributed by atoms with Gasteiger partial charge in [-0.3, -0.25) is 0 Å². The molecule has 1 atom stereocenters. The third-order valence-electron chi connectivity index (χ3n) is 2.90. The minimum Gasteiger partial charge on any atom is -0.383 e. The molecule has 1 unspecified atom stereocenters. The molecule has 0 rings (SSSR count). The second-order valence-electron chi connectivity index (χ2n) is 4.23. The topological polar surface area (TPSA) is 47.3 Å². The SMILES string of the molecule is C/C=C/CCNC(CN)(COC)C(C)C. The van der Waals surface area contributed by atoms with Crippen LogP contribution in [0.15, 0.2) is 12.2 Å². The van der Waals surface area contributed by atoms with Gasteiger partial charge < -0.3 is 15.8 Å². The van der Waals surface area contributed by atoms with Crippen LogP contribution >= 0.6 is 0 Å². The molecule has 0 bridgehead atoms. The average Bonchev–Trinajstić information content (AvgIpc) is 2.22. The maximum atomic E-state index is 5.85. The Morgan fingerprint density at radius 2 is 2.13 bits per heavy atom. The van der Waals surface area contributed by atoms with E-state index in [4.69, 9.17) is 10.5 Å². The fourth-order valence-electron chi connectivity index (χ4n) is 1.62. The van der Waals surface area contributed by atoms with Crippen LogP contribution in [-0.4, -0.2) is 32.3 Å².